The van der Waals surface area contributed by atoms with E-state index in [1.165, 1.54) is 0 Å². The monoisotopic (exact) mass is 442 g/mol. The van der Waals surface area contributed by atoms with Crippen molar-refractivity contribution in [2.24, 2.45) is 15.8 Å². The Morgan fingerprint density at radius 1 is 0.833 bits per heavy atom. The SMILES string of the molecule is CC(C)N=C(N)N(N=C(C=Cc1ccc(Cl)cc1)C=Cc1ccc(Cl)cc1)C(C)C. The van der Waals surface area contributed by atoms with Crippen LogP contribution in [0.1, 0.15) is 38.8 Å². The van der Waals surface area contributed by atoms with Gasteiger partial charge in [0.25, 0.3) is 0 Å². The van der Waals surface area contributed by atoms with Crippen LogP contribution in [0.5, 0.6) is 0 Å². The molecule has 30 heavy (non-hydrogen) atoms. The van der Waals surface area contributed by atoms with E-state index in [0.29, 0.717) is 16.0 Å². The fraction of sp³-hybridized carbons (Fsp3) is 0.250. The number of hydrogen-bond donors (Lipinski definition) is 1. The van der Waals surface area contributed by atoms with E-state index in [2.05, 4.69) is 4.99 Å². The van der Waals surface area contributed by atoms with Gasteiger partial charge >= 0.3 is 0 Å². The highest BCUT2D eigenvalue weighted by atomic mass is 35.5. The van der Waals surface area contributed by atoms with Crippen molar-refractivity contribution in [2.75, 3.05) is 0 Å². The van der Waals surface area contributed by atoms with Crippen LogP contribution >= 0.6 is 23.2 Å². The molecule has 0 saturated heterocycles. The summed E-state index contributed by atoms with van der Waals surface area (Å²) in [5.74, 6) is 0.386. The van der Waals surface area contributed by atoms with E-state index in [1.807, 2.05) is 101 Å². The van der Waals surface area contributed by atoms with Gasteiger partial charge in [-0.25, -0.2) is 10.0 Å². The molecule has 0 aliphatic heterocycles. The predicted molar refractivity (Wildman–Crippen MR) is 132 cm³/mol. The summed E-state index contributed by atoms with van der Waals surface area (Å²) in [7, 11) is 0. The smallest absolute Gasteiger partial charge is 0.212 e. The molecule has 0 atom stereocenters. The Labute approximate surface area is 189 Å². The van der Waals surface area contributed by atoms with Crippen LogP contribution in [0.3, 0.4) is 0 Å². The van der Waals surface area contributed by atoms with Gasteiger partial charge in [0.2, 0.25) is 5.96 Å². The highest BCUT2D eigenvalue weighted by Crippen LogP contribution is 2.13. The largest absolute Gasteiger partial charge is 0.368 e. The predicted octanol–water partition coefficient (Wildman–Crippen LogP) is 6.51. The summed E-state index contributed by atoms with van der Waals surface area (Å²) < 4.78 is 0. The van der Waals surface area contributed by atoms with Crippen molar-refractivity contribution in [1.82, 2.24) is 5.01 Å². The van der Waals surface area contributed by atoms with Crippen LogP contribution in [0.15, 0.2) is 70.8 Å². The molecule has 0 aliphatic rings. The van der Waals surface area contributed by atoms with E-state index in [1.54, 1.807) is 5.01 Å². The lowest BCUT2D eigenvalue weighted by Gasteiger charge is -2.23. The van der Waals surface area contributed by atoms with Crippen molar-refractivity contribution in [3.05, 3.63) is 81.9 Å². The highest BCUT2D eigenvalue weighted by Gasteiger charge is 2.12. The van der Waals surface area contributed by atoms with Gasteiger partial charge in [-0.05, 0) is 75.2 Å². The molecule has 0 fully saturated rings. The molecule has 0 saturated carbocycles. The molecule has 0 heterocycles. The van der Waals surface area contributed by atoms with Gasteiger partial charge in [0, 0.05) is 16.1 Å². The minimum Gasteiger partial charge on any atom is -0.368 e. The molecule has 0 aromatic heterocycles. The van der Waals surface area contributed by atoms with Crippen molar-refractivity contribution in [3.8, 4) is 0 Å². The highest BCUT2D eigenvalue weighted by molar-refractivity contribution is 6.30. The number of allylic oxidation sites excluding steroid dienone is 2. The van der Waals surface area contributed by atoms with Gasteiger partial charge in [0.05, 0.1) is 11.8 Å². The maximum Gasteiger partial charge on any atom is 0.212 e. The lowest BCUT2D eigenvalue weighted by atomic mass is 10.1. The Bertz CT molecular complexity index is 867. The first-order valence-electron chi connectivity index (χ1n) is 9.83. The number of guanidine groups is 1. The van der Waals surface area contributed by atoms with Crippen molar-refractivity contribution in [2.45, 2.75) is 39.8 Å². The second kappa shape index (κ2) is 11.6. The first-order valence-corrected chi connectivity index (χ1v) is 10.6. The van der Waals surface area contributed by atoms with Gasteiger partial charge < -0.3 is 5.73 Å². The molecule has 2 N–H and O–H groups in total. The van der Waals surface area contributed by atoms with E-state index >= 15 is 0 Å². The molecule has 4 nitrogen and oxygen atoms in total. The first kappa shape index (κ1) is 23.7. The number of aliphatic imine (C=N–C) groups is 1. The van der Waals surface area contributed by atoms with Gasteiger partial charge in [-0.15, -0.1) is 0 Å². The molecule has 158 valence electrons. The maximum absolute atomic E-state index is 6.21. The number of nitrogens with zero attached hydrogens (tertiary/aromatic N) is 3. The molecule has 2 aromatic carbocycles. The molecular weight excluding hydrogens is 415 g/mol. The summed E-state index contributed by atoms with van der Waals surface area (Å²) in [5, 5.41) is 7.89. The van der Waals surface area contributed by atoms with Crippen molar-refractivity contribution in [1.29, 1.82) is 0 Å². The van der Waals surface area contributed by atoms with Gasteiger partial charge in [0.1, 0.15) is 0 Å². The fourth-order valence-corrected chi connectivity index (χ4v) is 2.76. The average Bonchev–Trinajstić information content (AvgIpc) is 2.69. The molecule has 0 radical (unpaired) electrons. The number of hydrazone groups is 1. The third-order valence-corrected chi connectivity index (χ3v) is 4.47. The lowest BCUT2D eigenvalue weighted by molar-refractivity contribution is 0.362. The van der Waals surface area contributed by atoms with E-state index < -0.39 is 0 Å². The summed E-state index contributed by atoms with van der Waals surface area (Å²) in [5.41, 5.74) is 8.98. The number of benzene rings is 2. The minimum atomic E-state index is 0.0513. The van der Waals surface area contributed by atoms with Crippen molar-refractivity contribution >= 4 is 47.0 Å². The van der Waals surface area contributed by atoms with Crippen LogP contribution in [0.2, 0.25) is 10.0 Å². The Hall–Kier alpha value is -2.56. The van der Waals surface area contributed by atoms with E-state index in [9.17, 15) is 0 Å². The summed E-state index contributed by atoms with van der Waals surface area (Å²) in [6.07, 6.45) is 7.84. The molecule has 0 amide bonds. The third kappa shape index (κ3) is 8.05. The number of nitrogens with two attached hydrogens (primary N) is 1. The zero-order valence-electron chi connectivity index (χ0n) is 17.8. The maximum atomic E-state index is 6.21. The van der Waals surface area contributed by atoms with E-state index in [0.717, 1.165) is 16.8 Å². The minimum absolute atomic E-state index is 0.0513. The Kier molecular flexibility index (Phi) is 9.15. The van der Waals surface area contributed by atoms with Gasteiger partial charge in [-0.2, -0.15) is 5.10 Å². The molecule has 0 spiro atoms. The number of rotatable bonds is 7. The fourth-order valence-electron chi connectivity index (χ4n) is 2.51. The van der Waals surface area contributed by atoms with Gasteiger partial charge in [0.15, 0.2) is 0 Å². The standard InChI is InChI=1S/C24H28Cl2N4/c1-17(2)28-24(27)30(18(3)4)29-23(15-9-19-5-11-21(25)12-6-19)16-10-20-7-13-22(26)14-8-20/h5-18H,1-4H3,(H2,27,28). The van der Waals surface area contributed by atoms with E-state index in [-0.39, 0.29) is 12.1 Å². The molecule has 2 aromatic rings. The summed E-state index contributed by atoms with van der Waals surface area (Å²) >= 11 is 12.0. The van der Waals surface area contributed by atoms with Crippen molar-refractivity contribution in [3.63, 3.8) is 0 Å². The van der Waals surface area contributed by atoms with E-state index in [4.69, 9.17) is 34.0 Å². The number of halogens is 2. The normalized spacial score (nSPS) is 12.3. The average molecular weight is 443 g/mol. The van der Waals surface area contributed by atoms with Crippen LogP contribution in [0.4, 0.5) is 0 Å². The third-order valence-electron chi connectivity index (χ3n) is 3.97. The second-order valence-electron chi connectivity index (χ2n) is 7.31. The summed E-state index contributed by atoms with van der Waals surface area (Å²) in [4.78, 5) is 4.44. The van der Waals surface area contributed by atoms with Crippen LogP contribution in [-0.2, 0) is 0 Å². The summed E-state index contributed by atoms with van der Waals surface area (Å²) in [6.45, 7) is 8.01. The quantitative estimate of drug-likeness (QED) is 0.301. The molecule has 6 heteroatoms. The van der Waals surface area contributed by atoms with Gasteiger partial charge in [-0.3, -0.25) is 0 Å². The van der Waals surface area contributed by atoms with Crippen molar-refractivity contribution < 1.29 is 0 Å². The van der Waals surface area contributed by atoms with Gasteiger partial charge in [-0.1, -0.05) is 59.6 Å². The first-order chi connectivity index (χ1) is 14.2. The van der Waals surface area contributed by atoms with Crippen LogP contribution in [-0.4, -0.2) is 28.8 Å². The topological polar surface area (TPSA) is 54.0 Å². The van der Waals surface area contributed by atoms with Crippen LogP contribution < -0.4 is 5.73 Å². The summed E-state index contributed by atoms with van der Waals surface area (Å²) in [6, 6.07) is 15.4. The zero-order chi connectivity index (χ0) is 22.1. The Balaban J connectivity index is 2.40. The molecule has 0 aliphatic carbocycles. The van der Waals surface area contributed by atoms with Crippen LogP contribution in [0, 0.1) is 0 Å². The lowest BCUT2D eigenvalue weighted by Crippen LogP contribution is -2.39. The molecule has 0 unspecified atom stereocenters. The molecular formula is C24H28Cl2N4. The van der Waals surface area contributed by atoms with Crippen LogP contribution in [0.25, 0.3) is 12.2 Å². The number of hydrogen-bond acceptors (Lipinski definition) is 2. The zero-order valence-corrected chi connectivity index (χ0v) is 19.3. The molecule has 0 bridgehead atoms. The Morgan fingerprint density at radius 3 is 1.63 bits per heavy atom. The Morgan fingerprint density at radius 2 is 1.27 bits per heavy atom. The molecule has 2 rings (SSSR count). The second-order valence-corrected chi connectivity index (χ2v) is 8.19.